The summed E-state index contributed by atoms with van der Waals surface area (Å²) in [5.74, 6) is 0.783. The van der Waals surface area contributed by atoms with Crippen LogP contribution in [-0.2, 0) is 4.79 Å². The van der Waals surface area contributed by atoms with Crippen LogP contribution in [0.4, 0.5) is 5.69 Å². The number of fused-ring (bicyclic) bond motifs is 1. The fourth-order valence-electron chi connectivity index (χ4n) is 3.69. The number of hydrogen-bond donors (Lipinski definition) is 2. The summed E-state index contributed by atoms with van der Waals surface area (Å²) in [5.41, 5.74) is 3.80. The minimum absolute atomic E-state index is 0.000769. The Bertz CT molecular complexity index is 1560. The second-order valence-electron chi connectivity index (χ2n) is 7.96. The number of methoxy groups -OCH3 is 1. The van der Waals surface area contributed by atoms with E-state index in [-0.39, 0.29) is 17.3 Å². The maximum absolute atomic E-state index is 12.6. The molecule has 0 aliphatic heterocycles. The third-order valence-electron chi connectivity index (χ3n) is 5.52. The molecule has 0 saturated heterocycles. The quantitative estimate of drug-likeness (QED) is 0.215. The van der Waals surface area contributed by atoms with Gasteiger partial charge in [0.2, 0.25) is 5.88 Å². The van der Waals surface area contributed by atoms with Crippen molar-refractivity contribution >= 4 is 34.3 Å². The van der Waals surface area contributed by atoms with Crippen LogP contribution in [0, 0.1) is 6.92 Å². The van der Waals surface area contributed by atoms with Gasteiger partial charge in [0.25, 0.3) is 5.91 Å². The predicted molar refractivity (Wildman–Crippen MR) is 138 cm³/mol. The summed E-state index contributed by atoms with van der Waals surface area (Å²) in [6.45, 7) is 2.02. The number of aromatic hydroxyl groups is 1. The predicted octanol–water partition coefficient (Wildman–Crippen LogP) is 5.84. The number of para-hydroxylation sites is 1. The normalized spacial score (nSPS) is 11.4. The zero-order valence-corrected chi connectivity index (χ0v) is 20.4. The van der Waals surface area contributed by atoms with Gasteiger partial charge in [0.1, 0.15) is 5.75 Å². The molecule has 0 bridgehead atoms. The fraction of sp³-hybridized carbons (Fsp3) is 0.115. The number of amides is 1. The summed E-state index contributed by atoms with van der Waals surface area (Å²) >= 11 is 1.21. The van der Waals surface area contributed by atoms with Crippen LogP contribution in [0.5, 0.6) is 11.6 Å². The van der Waals surface area contributed by atoms with Gasteiger partial charge in [-0.1, -0.05) is 47.7 Å². The maximum Gasteiger partial charge on any atom is 0.275 e. The van der Waals surface area contributed by atoms with Gasteiger partial charge in [0.05, 0.1) is 18.4 Å². The lowest BCUT2D eigenvalue weighted by Crippen LogP contribution is -2.02. The zero-order chi connectivity index (χ0) is 25.1. The first kappa shape index (κ1) is 23.3. The molecule has 3 aromatic carbocycles. The molecule has 9 nitrogen and oxygen atoms in total. The van der Waals surface area contributed by atoms with Crippen molar-refractivity contribution in [2.24, 2.45) is 10.2 Å². The van der Waals surface area contributed by atoms with E-state index in [9.17, 15) is 9.90 Å². The van der Waals surface area contributed by atoms with Crippen LogP contribution < -0.4 is 4.74 Å². The van der Waals surface area contributed by atoms with E-state index < -0.39 is 5.91 Å². The Hall–Kier alpha value is -4.44. The number of carbonyl (C=O) groups is 1. The Balaban J connectivity index is 1.40. The van der Waals surface area contributed by atoms with Crippen molar-refractivity contribution in [1.82, 2.24) is 19.7 Å². The van der Waals surface area contributed by atoms with Gasteiger partial charge in [0, 0.05) is 16.6 Å². The first-order valence-corrected chi connectivity index (χ1v) is 12.1. The van der Waals surface area contributed by atoms with Gasteiger partial charge < -0.3 is 14.8 Å². The average Bonchev–Trinajstić information content (AvgIpc) is 3.47. The second kappa shape index (κ2) is 10.0. The van der Waals surface area contributed by atoms with Crippen molar-refractivity contribution in [3.8, 4) is 28.7 Å². The molecule has 0 radical (unpaired) electrons. The van der Waals surface area contributed by atoms with Crippen LogP contribution in [-0.4, -0.2) is 43.6 Å². The van der Waals surface area contributed by atoms with Crippen LogP contribution in [0.1, 0.15) is 5.56 Å². The lowest BCUT2D eigenvalue weighted by atomic mass is 10.2. The highest BCUT2D eigenvalue weighted by Gasteiger charge is 2.18. The van der Waals surface area contributed by atoms with Gasteiger partial charge in [-0.15, -0.1) is 20.4 Å². The number of nitrogens with zero attached hydrogens (tertiary/aromatic N) is 5. The molecule has 36 heavy (non-hydrogen) atoms. The molecule has 0 atom stereocenters. The Labute approximate surface area is 210 Å². The molecule has 0 aliphatic rings. The van der Waals surface area contributed by atoms with E-state index in [4.69, 9.17) is 4.74 Å². The number of rotatable bonds is 7. The summed E-state index contributed by atoms with van der Waals surface area (Å²) in [4.78, 5) is 15.4. The van der Waals surface area contributed by atoms with E-state index in [2.05, 4.69) is 25.4 Å². The summed E-state index contributed by atoms with van der Waals surface area (Å²) < 4.78 is 7.17. The van der Waals surface area contributed by atoms with Crippen LogP contribution in [0.3, 0.4) is 0 Å². The third-order valence-corrected chi connectivity index (χ3v) is 6.43. The zero-order valence-electron chi connectivity index (χ0n) is 19.5. The Kier molecular flexibility index (Phi) is 6.50. The Morgan fingerprint density at radius 2 is 1.81 bits per heavy atom. The molecular formula is C26H22N6O3S. The summed E-state index contributed by atoms with van der Waals surface area (Å²) in [7, 11) is 1.62. The Morgan fingerprint density at radius 1 is 1.06 bits per heavy atom. The van der Waals surface area contributed by atoms with Crippen molar-refractivity contribution in [2.45, 2.75) is 12.1 Å². The molecule has 1 amide bonds. The largest absolute Gasteiger partial charge is 0.497 e. The molecule has 0 spiro atoms. The SMILES string of the molecule is COc1ccc(-c2nnc(SCC(=O)N=Nc3c(O)[nH]c4ccccc34)n2-c2ccc(C)cc2)cc1. The van der Waals surface area contributed by atoms with Gasteiger partial charge in [-0.05, 0) is 49.4 Å². The van der Waals surface area contributed by atoms with Crippen LogP contribution >= 0.6 is 11.8 Å². The van der Waals surface area contributed by atoms with Crippen molar-refractivity contribution in [1.29, 1.82) is 0 Å². The molecule has 0 fully saturated rings. The number of aromatic nitrogens is 4. The van der Waals surface area contributed by atoms with E-state index in [0.29, 0.717) is 21.9 Å². The molecule has 2 N–H and O–H groups in total. The van der Waals surface area contributed by atoms with Gasteiger partial charge in [-0.25, -0.2) is 0 Å². The molecule has 0 unspecified atom stereocenters. The first-order valence-electron chi connectivity index (χ1n) is 11.1. The highest BCUT2D eigenvalue weighted by Crippen LogP contribution is 2.35. The van der Waals surface area contributed by atoms with Crippen molar-refractivity contribution < 1.29 is 14.6 Å². The molecule has 0 saturated carbocycles. The molecule has 5 rings (SSSR count). The molecule has 180 valence electrons. The van der Waals surface area contributed by atoms with E-state index in [1.54, 1.807) is 13.2 Å². The van der Waals surface area contributed by atoms with E-state index in [0.717, 1.165) is 22.6 Å². The molecule has 2 heterocycles. The molecule has 5 aromatic rings. The minimum Gasteiger partial charge on any atom is -0.497 e. The van der Waals surface area contributed by atoms with Crippen molar-refractivity contribution in [3.05, 3.63) is 78.4 Å². The standard InChI is InChI=1S/C26H22N6O3S/c1-16-7-11-18(12-8-16)32-24(17-9-13-19(35-2)14-10-17)30-31-26(32)36-15-22(33)28-29-23-20-5-3-4-6-21(20)27-25(23)34/h3-14,27,34H,15H2,1-2H3. The lowest BCUT2D eigenvalue weighted by molar-refractivity contribution is -0.115. The van der Waals surface area contributed by atoms with Crippen LogP contribution in [0.25, 0.3) is 28.0 Å². The minimum atomic E-state index is -0.464. The highest BCUT2D eigenvalue weighted by molar-refractivity contribution is 7.99. The average molecular weight is 499 g/mol. The van der Waals surface area contributed by atoms with E-state index in [1.165, 1.54) is 11.8 Å². The van der Waals surface area contributed by atoms with Crippen LogP contribution in [0.2, 0.25) is 0 Å². The maximum atomic E-state index is 12.6. The molecular weight excluding hydrogens is 476 g/mol. The first-order chi connectivity index (χ1) is 17.5. The van der Waals surface area contributed by atoms with Crippen LogP contribution in [0.15, 0.2) is 88.2 Å². The van der Waals surface area contributed by atoms with Gasteiger partial charge in [0.15, 0.2) is 16.7 Å². The number of H-pyrrole nitrogens is 1. The van der Waals surface area contributed by atoms with E-state index in [1.807, 2.05) is 78.2 Å². The smallest absolute Gasteiger partial charge is 0.275 e. The van der Waals surface area contributed by atoms with Gasteiger partial charge in [-0.2, -0.15) is 0 Å². The van der Waals surface area contributed by atoms with Gasteiger partial charge in [-0.3, -0.25) is 9.36 Å². The van der Waals surface area contributed by atoms with Crippen molar-refractivity contribution in [2.75, 3.05) is 12.9 Å². The fourth-order valence-corrected chi connectivity index (χ4v) is 4.42. The molecule has 0 aliphatic carbocycles. The molecule has 2 aromatic heterocycles. The summed E-state index contributed by atoms with van der Waals surface area (Å²) in [5, 5.41) is 27.9. The highest BCUT2D eigenvalue weighted by atomic mass is 32.2. The third kappa shape index (κ3) is 4.71. The topological polar surface area (TPSA) is 118 Å². The lowest BCUT2D eigenvalue weighted by Gasteiger charge is -2.10. The number of ether oxygens (including phenoxy) is 1. The summed E-state index contributed by atoms with van der Waals surface area (Å²) in [6, 6.07) is 22.8. The Morgan fingerprint density at radius 3 is 2.56 bits per heavy atom. The second-order valence-corrected chi connectivity index (χ2v) is 8.90. The van der Waals surface area contributed by atoms with Gasteiger partial charge >= 0.3 is 0 Å². The number of benzene rings is 3. The number of aryl methyl sites for hydroxylation is 1. The number of hydrogen-bond acceptors (Lipinski definition) is 7. The number of carbonyl (C=O) groups excluding carboxylic acids is 1. The molecule has 10 heteroatoms. The number of nitrogens with one attached hydrogen (secondary N) is 1. The number of thioether (sulfide) groups is 1. The number of aromatic amines is 1. The monoisotopic (exact) mass is 498 g/mol. The van der Waals surface area contributed by atoms with E-state index >= 15 is 0 Å². The summed E-state index contributed by atoms with van der Waals surface area (Å²) in [6.07, 6.45) is 0. The van der Waals surface area contributed by atoms with Crippen molar-refractivity contribution in [3.63, 3.8) is 0 Å². The number of azo groups is 1.